The molecule has 5 nitrogen and oxygen atoms in total. The number of piperazine rings is 1. The Bertz CT molecular complexity index is 376. The monoisotopic (exact) mass is 281 g/mol. The van der Waals surface area contributed by atoms with E-state index < -0.39 is 5.54 Å². The van der Waals surface area contributed by atoms with E-state index in [0.717, 1.165) is 38.4 Å². The zero-order chi connectivity index (χ0) is 14.2. The van der Waals surface area contributed by atoms with Gasteiger partial charge >= 0.3 is 5.97 Å². The molecule has 0 radical (unpaired) electrons. The molecular weight excluding hydrogens is 254 g/mol. The summed E-state index contributed by atoms with van der Waals surface area (Å²) in [5.41, 5.74) is 5.48. The predicted octanol–water partition coefficient (Wildman–Crippen LogP) is 0.580. The largest absolute Gasteiger partial charge is 0.468 e. The van der Waals surface area contributed by atoms with Crippen molar-refractivity contribution in [3.05, 3.63) is 0 Å². The van der Waals surface area contributed by atoms with E-state index in [1.807, 2.05) is 0 Å². The first kappa shape index (κ1) is 14.3. The molecular formula is C15H27N3O2. The van der Waals surface area contributed by atoms with Gasteiger partial charge in [0.15, 0.2) is 0 Å². The highest BCUT2D eigenvalue weighted by Gasteiger charge is 2.45. The van der Waals surface area contributed by atoms with Crippen molar-refractivity contribution in [3.63, 3.8) is 0 Å². The van der Waals surface area contributed by atoms with Crippen molar-refractivity contribution in [1.29, 1.82) is 0 Å². The van der Waals surface area contributed by atoms with E-state index in [-0.39, 0.29) is 5.97 Å². The molecule has 20 heavy (non-hydrogen) atoms. The number of nitrogens with two attached hydrogens (primary N) is 1. The minimum atomic E-state index is -0.747. The van der Waals surface area contributed by atoms with Crippen LogP contribution in [0.25, 0.3) is 0 Å². The molecule has 3 aliphatic rings. The van der Waals surface area contributed by atoms with Crippen LogP contribution in [0.1, 0.15) is 38.5 Å². The van der Waals surface area contributed by atoms with Crippen molar-refractivity contribution in [2.45, 2.75) is 56.1 Å². The van der Waals surface area contributed by atoms with E-state index in [1.54, 1.807) is 0 Å². The molecule has 0 amide bonds. The number of ether oxygens (including phenoxy) is 1. The highest BCUT2D eigenvalue weighted by atomic mass is 16.5. The number of fused-ring (bicyclic) bond motifs is 1. The minimum Gasteiger partial charge on any atom is -0.468 e. The number of rotatable bonds is 2. The Morgan fingerprint density at radius 3 is 2.75 bits per heavy atom. The fraction of sp³-hybridized carbons (Fsp3) is 0.933. The Kier molecular flexibility index (Phi) is 4.02. The standard InChI is InChI=1S/C15H27N3O2/c1-20-14(19)15(16)6-5-12(10-15)18-9-8-17-7-3-2-4-13(17)11-18/h12-13H,2-11,16H2,1H3. The third-order valence-electron chi connectivity index (χ3n) is 5.50. The van der Waals surface area contributed by atoms with Crippen LogP contribution in [0.2, 0.25) is 0 Å². The molecule has 3 rings (SSSR count). The molecule has 0 spiro atoms. The molecule has 3 fully saturated rings. The SMILES string of the molecule is COC(=O)C1(N)CCC(N2CCN3CCCCC3C2)C1. The molecule has 114 valence electrons. The predicted molar refractivity (Wildman–Crippen MR) is 77.4 cm³/mol. The summed E-state index contributed by atoms with van der Waals surface area (Å²) >= 11 is 0. The van der Waals surface area contributed by atoms with Crippen LogP contribution in [0.3, 0.4) is 0 Å². The van der Waals surface area contributed by atoms with Crippen LogP contribution in [0.5, 0.6) is 0 Å². The second kappa shape index (κ2) is 5.62. The van der Waals surface area contributed by atoms with Gasteiger partial charge in [-0.2, -0.15) is 0 Å². The van der Waals surface area contributed by atoms with Gasteiger partial charge in [-0.05, 0) is 38.6 Å². The van der Waals surface area contributed by atoms with Crippen molar-refractivity contribution >= 4 is 5.97 Å². The summed E-state index contributed by atoms with van der Waals surface area (Å²) in [6, 6.07) is 1.19. The lowest BCUT2D eigenvalue weighted by atomic mass is 9.96. The smallest absolute Gasteiger partial charge is 0.325 e. The van der Waals surface area contributed by atoms with Crippen molar-refractivity contribution in [1.82, 2.24) is 9.80 Å². The summed E-state index contributed by atoms with van der Waals surface area (Å²) in [5, 5.41) is 0. The average molecular weight is 281 g/mol. The third-order valence-corrected chi connectivity index (χ3v) is 5.50. The fourth-order valence-corrected chi connectivity index (χ4v) is 4.26. The number of piperidine rings is 1. The van der Waals surface area contributed by atoms with E-state index in [9.17, 15) is 4.79 Å². The Hall–Kier alpha value is -0.650. The number of methoxy groups -OCH3 is 1. The van der Waals surface area contributed by atoms with Crippen molar-refractivity contribution in [2.75, 3.05) is 33.3 Å². The van der Waals surface area contributed by atoms with Crippen LogP contribution in [0.4, 0.5) is 0 Å². The number of esters is 1. The van der Waals surface area contributed by atoms with Crippen LogP contribution in [-0.4, -0.2) is 66.7 Å². The van der Waals surface area contributed by atoms with E-state index in [1.165, 1.54) is 39.5 Å². The molecule has 0 aromatic heterocycles. The van der Waals surface area contributed by atoms with Gasteiger partial charge < -0.3 is 10.5 Å². The summed E-state index contributed by atoms with van der Waals surface area (Å²) in [5.74, 6) is -0.240. The lowest BCUT2D eigenvalue weighted by molar-refractivity contribution is -0.147. The highest BCUT2D eigenvalue weighted by molar-refractivity contribution is 5.81. The molecule has 0 aromatic carbocycles. The van der Waals surface area contributed by atoms with Gasteiger partial charge in [-0.1, -0.05) is 6.42 Å². The Labute approximate surface area is 121 Å². The summed E-state index contributed by atoms with van der Waals surface area (Å²) in [7, 11) is 1.44. The maximum absolute atomic E-state index is 11.8. The maximum atomic E-state index is 11.8. The molecule has 2 N–H and O–H groups in total. The Morgan fingerprint density at radius 1 is 1.15 bits per heavy atom. The first-order chi connectivity index (χ1) is 9.62. The zero-order valence-electron chi connectivity index (χ0n) is 12.5. The van der Waals surface area contributed by atoms with Crippen LogP contribution in [0, 0.1) is 0 Å². The molecule has 1 saturated carbocycles. The minimum absolute atomic E-state index is 0.240. The molecule has 0 bridgehead atoms. The second-order valence-corrected chi connectivity index (χ2v) is 6.72. The van der Waals surface area contributed by atoms with Gasteiger partial charge in [0, 0.05) is 31.7 Å². The van der Waals surface area contributed by atoms with E-state index in [4.69, 9.17) is 10.5 Å². The summed E-state index contributed by atoms with van der Waals surface area (Å²) in [6.45, 7) is 4.73. The molecule has 5 heteroatoms. The van der Waals surface area contributed by atoms with Gasteiger partial charge in [-0.15, -0.1) is 0 Å². The molecule has 3 atom stereocenters. The lowest BCUT2D eigenvalue weighted by Crippen LogP contribution is -2.57. The van der Waals surface area contributed by atoms with Crippen molar-refractivity contribution in [2.24, 2.45) is 5.73 Å². The van der Waals surface area contributed by atoms with E-state index >= 15 is 0 Å². The number of carbonyl (C=O) groups excluding carboxylic acids is 1. The van der Waals surface area contributed by atoms with E-state index in [0.29, 0.717) is 6.04 Å². The first-order valence-corrected chi connectivity index (χ1v) is 7.98. The Balaban J connectivity index is 1.59. The zero-order valence-corrected chi connectivity index (χ0v) is 12.5. The van der Waals surface area contributed by atoms with Gasteiger partial charge in [0.1, 0.15) is 5.54 Å². The summed E-state index contributed by atoms with van der Waals surface area (Å²) in [6.07, 6.45) is 6.59. The topological polar surface area (TPSA) is 58.8 Å². The summed E-state index contributed by atoms with van der Waals surface area (Å²) in [4.78, 5) is 17.0. The van der Waals surface area contributed by atoms with Crippen LogP contribution >= 0.6 is 0 Å². The van der Waals surface area contributed by atoms with Crippen LogP contribution in [0.15, 0.2) is 0 Å². The van der Waals surface area contributed by atoms with Gasteiger partial charge in [0.2, 0.25) is 0 Å². The number of hydrogen-bond acceptors (Lipinski definition) is 5. The first-order valence-electron chi connectivity index (χ1n) is 7.98. The fourth-order valence-electron chi connectivity index (χ4n) is 4.26. The molecule has 2 aliphatic heterocycles. The van der Waals surface area contributed by atoms with Crippen molar-refractivity contribution in [3.8, 4) is 0 Å². The quantitative estimate of drug-likeness (QED) is 0.750. The van der Waals surface area contributed by atoms with Gasteiger partial charge in [-0.3, -0.25) is 14.6 Å². The molecule has 3 unspecified atom stereocenters. The number of carbonyl (C=O) groups is 1. The summed E-state index contributed by atoms with van der Waals surface area (Å²) < 4.78 is 4.87. The lowest BCUT2D eigenvalue weighted by Gasteiger charge is -2.46. The molecule has 0 aromatic rings. The molecule has 2 heterocycles. The van der Waals surface area contributed by atoms with Gasteiger partial charge in [-0.25, -0.2) is 0 Å². The molecule has 2 saturated heterocycles. The van der Waals surface area contributed by atoms with E-state index in [2.05, 4.69) is 9.80 Å². The normalized spacial score (nSPS) is 39.5. The second-order valence-electron chi connectivity index (χ2n) is 6.72. The number of hydrogen-bond donors (Lipinski definition) is 1. The van der Waals surface area contributed by atoms with Crippen molar-refractivity contribution < 1.29 is 9.53 Å². The maximum Gasteiger partial charge on any atom is 0.325 e. The van der Waals surface area contributed by atoms with Crippen LogP contribution in [-0.2, 0) is 9.53 Å². The highest BCUT2D eigenvalue weighted by Crippen LogP contribution is 2.34. The Morgan fingerprint density at radius 2 is 1.95 bits per heavy atom. The third kappa shape index (κ3) is 2.59. The van der Waals surface area contributed by atoms with Crippen LogP contribution < -0.4 is 5.73 Å². The average Bonchev–Trinajstić information content (AvgIpc) is 2.89. The van der Waals surface area contributed by atoms with Gasteiger partial charge in [0.05, 0.1) is 7.11 Å². The van der Waals surface area contributed by atoms with Gasteiger partial charge in [0.25, 0.3) is 0 Å². The molecule has 1 aliphatic carbocycles. The number of nitrogens with zero attached hydrogens (tertiary/aromatic N) is 2.